The number of ether oxygens (including phenoxy) is 1. The number of hydrogen-bond donors (Lipinski definition) is 2. The highest BCUT2D eigenvalue weighted by atomic mass is 32.2. The average Bonchev–Trinajstić information content (AvgIpc) is 2.26. The Morgan fingerprint density at radius 3 is 2.22 bits per heavy atom. The number of benzene rings is 1. The molecular weight excluding hydrogens is 256 g/mol. The number of carbonyl (C=O) groups excluding carboxylic acids is 1. The first-order valence-electron chi connectivity index (χ1n) is 5.32. The van der Waals surface area contributed by atoms with Crippen molar-refractivity contribution >= 4 is 21.9 Å². The van der Waals surface area contributed by atoms with E-state index in [9.17, 15) is 13.2 Å². The molecule has 0 radical (unpaired) electrons. The van der Waals surface area contributed by atoms with E-state index in [1.54, 1.807) is 13.8 Å². The SMILES string of the molecule is COC(=O)c1ccc(NS(=O)(=O)NC(C)C)cc1. The summed E-state index contributed by atoms with van der Waals surface area (Å²) in [4.78, 5) is 11.2. The van der Waals surface area contributed by atoms with Gasteiger partial charge in [0.2, 0.25) is 0 Å². The van der Waals surface area contributed by atoms with Gasteiger partial charge in [-0.1, -0.05) is 0 Å². The third kappa shape index (κ3) is 4.34. The highest BCUT2D eigenvalue weighted by Gasteiger charge is 2.11. The first-order valence-corrected chi connectivity index (χ1v) is 6.81. The van der Waals surface area contributed by atoms with Crippen LogP contribution in [0.2, 0.25) is 0 Å². The van der Waals surface area contributed by atoms with Crippen molar-refractivity contribution in [3.8, 4) is 0 Å². The molecule has 7 heteroatoms. The Morgan fingerprint density at radius 2 is 1.78 bits per heavy atom. The molecule has 0 aromatic heterocycles. The van der Waals surface area contributed by atoms with Crippen molar-refractivity contribution in [2.24, 2.45) is 0 Å². The third-order valence-electron chi connectivity index (χ3n) is 1.95. The Hall–Kier alpha value is -1.60. The van der Waals surface area contributed by atoms with E-state index in [1.807, 2.05) is 0 Å². The van der Waals surface area contributed by atoms with E-state index in [-0.39, 0.29) is 6.04 Å². The fourth-order valence-corrected chi connectivity index (χ4v) is 2.41. The zero-order valence-corrected chi connectivity index (χ0v) is 11.2. The average molecular weight is 272 g/mol. The lowest BCUT2D eigenvalue weighted by Gasteiger charge is -2.11. The van der Waals surface area contributed by atoms with Gasteiger partial charge < -0.3 is 4.74 Å². The van der Waals surface area contributed by atoms with Crippen LogP contribution < -0.4 is 9.44 Å². The second-order valence-corrected chi connectivity index (χ2v) is 5.39. The standard InChI is InChI=1S/C11H16N2O4S/c1-8(2)12-18(15,16)13-10-6-4-9(5-7-10)11(14)17-3/h4-8,12-13H,1-3H3. The number of methoxy groups -OCH3 is 1. The van der Waals surface area contributed by atoms with Crippen molar-refractivity contribution in [2.75, 3.05) is 11.8 Å². The van der Waals surface area contributed by atoms with E-state index in [0.717, 1.165) is 0 Å². The number of anilines is 1. The van der Waals surface area contributed by atoms with Gasteiger partial charge in [-0.25, -0.2) is 4.79 Å². The van der Waals surface area contributed by atoms with Gasteiger partial charge in [0.1, 0.15) is 0 Å². The fourth-order valence-electron chi connectivity index (χ4n) is 1.29. The molecule has 0 aliphatic heterocycles. The molecule has 0 amide bonds. The summed E-state index contributed by atoms with van der Waals surface area (Å²) in [6.45, 7) is 3.44. The predicted octanol–water partition coefficient (Wildman–Crippen LogP) is 1.13. The molecule has 1 rings (SSSR count). The maximum Gasteiger partial charge on any atom is 0.337 e. The van der Waals surface area contributed by atoms with Crippen LogP contribution in [0.25, 0.3) is 0 Å². The van der Waals surface area contributed by atoms with Crippen LogP contribution in [0.4, 0.5) is 5.69 Å². The Bertz CT molecular complexity index is 508. The summed E-state index contributed by atoms with van der Waals surface area (Å²) in [6.07, 6.45) is 0. The largest absolute Gasteiger partial charge is 0.465 e. The lowest BCUT2D eigenvalue weighted by molar-refractivity contribution is 0.0601. The first-order chi connectivity index (χ1) is 8.34. The number of carbonyl (C=O) groups is 1. The first kappa shape index (κ1) is 14.5. The van der Waals surface area contributed by atoms with E-state index >= 15 is 0 Å². The summed E-state index contributed by atoms with van der Waals surface area (Å²) < 4.78 is 32.4. The normalized spacial score (nSPS) is 11.3. The Labute approximate surface area is 107 Å². The van der Waals surface area contributed by atoms with E-state index in [2.05, 4.69) is 14.2 Å². The molecule has 0 spiro atoms. The van der Waals surface area contributed by atoms with Gasteiger partial charge in [-0.2, -0.15) is 13.1 Å². The van der Waals surface area contributed by atoms with Gasteiger partial charge in [0.25, 0.3) is 10.2 Å². The van der Waals surface area contributed by atoms with Crippen molar-refractivity contribution in [2.45, 2.75) is 19.9 Å². The van der Waals surface area contributed by atoms with Gasteiger partial charge in [0.15, 0.2) is 0 Å². The van der Waals surface area contributed by atoms with Crippen molar-refractivity contribution in [3.63, 3.8) is 0 Å². The lowest BCUT2D eigenvalue weighted by Crippen LogP contribution is -2.35. The molecule has 0 atom stereocenters. The minimum atomic E-state index is -3.59. The van der Waals surface area contributed by atoms with Crippen LogP contribution in [0, 0.1) is 0 Å². The minimum absolute atomic E-state index is 0.197. The Morgan fingerprint density at radius 1 is 1.22 bits per heavy atom. The van der Waals surface area contributed by atoms with E-state index in [1.165, 1.54) is 31.4 Å². The fraction of sp³-hybridized carbons (Fsp3) is 0.364. The van der Waals surface area contributed by atoms with Crippen molar-refractivity contribution in [3.05, 3.63) is 29.8 Å². The van der Waals surface area contributed by atoms with Crippen molar-refractivity contribution in [1.29, 1.82) is 0 Å². The molecule has 0 unspecified atom stereocenters. The molecule has 100 valence electrons. The summed E-state index contributed by atoms with van der Waals surface area (Å²) in [7, 11) is -2.31. The predicted molar refractivity (Wildman–Crippen MR) is 68.6 cm³/mol. The van der Waals surface area contributed by atoms with Crippen LogP contribution in [-0.4, -0.2) is 27.5 Å². The van der Waals surface area contributed by atoms with Crippen LogP contribution in [0.1, 0.15) is 24.2 Å². The second-order valence-electron chi connectivity index (χ2n) is 3.95. The van der Waals surface area contributed by atoms with Gasteiger partial charge in [-0.15, -0.1) is 0 Å². The number of hydrogen-bond acceptors (Lipinski definition) is 4. The van der Waals surface area contributed by atoms with Crippen LogP contribution in [0.15, 0.2) is 24.3 Å². The molecular formula is C11H16N2O4S. The van der Waals surface area contributed by atoms with E-state index in [4.69, 9.17) is 0 Å². The maximum atomic E-state index is 11.6. The second kappa shape index (κ2) is 5.83. The van der Waals surface area contributed by atoms with Gasteiger partial charge >= 0.3 is 5.97 Å². The lowest BCUT2D eigenvalue weighted by atomic mass is 10.2. The molecule has 0 bridgehead atoms. The van der Waals surface area contributed by atoms with Crippen molar-refractivity contribution < 1.29 is 17.9 Å². The highest BCUT2D eigenvalue weighted by Crippen LogP contribution is 2.11. The van der Waals surface area contributed by atoms with Gasteiger partial charge in [0, 0.05) is 11.7 Å². The van der Waals surface area contributed by atoms with Crippen LogP contribution >= 0.6 is 0 Å². The molecule has 1 aromatic carbocycles. The summed E-state index contributed by atoms with van der Waals surface area (Å²) in [5.41, 5.74) is 0.730. The minimum Gasteiger partial charge on any atom is -0.465 e. The molecule has 2 N–H and O–H groups in total. The van der Waals surface area contributed by atoms with Gasteiger partial charge in [-0.05, 0) is 38.1 Å². The summed E-state index contributed by atoms with van der Waals surface area (Å²) >= 11 is 0. The zero-order valence-electron chi connectivity index (χ0n) is 10.4. The number of rotatable bonds is 5. The Kier molecular flexibility index (Phi) is 4.69. The zero-order chi connectivity index (χ0) is 13.8. The molecule has 0 saturated heterocycles. The molecule has 0 fully saturated rings. The van der Waals surface area contributed by atoms with Crippen molar-refractivity contribution in [1.82, 2.24) is 4.72 Å². The van der Waals surface area contributed by atoms with Crippen LogP contribution in [0.5, 0.6) is 0 Å². The molecule has 0 aliphatic carbocycles. The molecule has 6 nitrogen and oxygen atoms in total. The summed E-state index contributed by atoms with van der Waals surface area (Å²) in [5, 5.41) is 0. The molecule has 0 saturated carbocycles. The number of nitrogens with one attached hydrogen (secondary N) is 2. The van der Waals surface area contributed by atoms with E-state index in [0.29, 0.717) is 11.3 Å². The quantitative estimate of drug-likeness (QED) is 0.787. The monoisotopic (exact) mass is 272 g/mol. The van der Waals surface area contributed by atoms with Crippen LogP contribution in [-0.2, 0) is 14.9 Å². The Balaban J connectivity index is 2.78. The maximum absolute atomic E-state index is 11.6. The van der Waals surface area contributed by atoms with Gasteiger partial charge in [0.05, 0.1) is 12.7 Å². The molecule has 18 heavy (non-hydrogen) atoms. The molecule has 0 heterocycles. The summed E-state index contributed by atoms with van der Waals surface area (Å²) in [5.74, 6) is -0.468. The topological polar surface area (TPSA) is 84.5 Å². The molecule has 0 aliphatic rings. The smallest absolute Gasteiger partial charge is 0.337 e. The van der Waals surface area contributed by atoms with Crippen LogP contribution in [0.3, 0.4) is 0 Å². The third-order valence-corrected chi connectivity index (χ3v) is 3.24. The molecule has 1 aromatic rings. The van der Waals surface area contributed by atoms with Gasteiger partial charge in [-0.3, -0.25) is 4.72 Å². The number of esters is 1. The summed E-state index contributed by atoms with van der Waals surface area (Å²) in [6, 6.07) is 5.76. The highest BCUT2D eigenvalue weighted by molar-refractivity contribution is 7.90. The van der Waals surface area contributed by atoms with E-state index < -0.39 is 16.2 Å².